The quantitative estimate of drug-likeness (QED) is 0.316. The third-order valence-corrected chi connectivity index (χ3v) is 4.75. The van der Waals surface area contributed by atoms with Gasteiger partial charge < -0.3 is 23.7 Å². The number of halogens is 1. The van der Waals surface area contributed by atoms with E-state index in [1.165, 1.54) is 7.11 Å². The van der Waals surface area contributed by atoms with Crippen molar-refractivity contribution in [1.82, 2.24) is 0 Å². The Morgan fingerprint density at radius 1 is 0.962 bits per heavy atom. The van der Waals surface area contributed by atoms with Crippen LogP contribution in [0.25, 0.3) is 11.1 Å². The number of carbonyl (C=O) groups excluding carboxylic acids is 1. The van der Waals surface area contributed by atoms with Gasteiger partial charge in [-0.15, -0.1) is 0 Å². The number of methoxy groups -OCH3 is 3. The maximum Gasteiger partial charge on any atom is 0.310 e. The molecule has 0 atom stereocenters. The van der Waals surface area contributed by atoms with Crippen LogP contribution >= 0.6 is 22.6 Å². The van der Waals surface area contributed by atoms with E-state index in [-0.39, 0.29) is 26.0 Å². The molecule has 0 saturated carbocycles. The van der Waals surface area contributed by atoms with E-state index >= 15 is 0 Å². The summed E-state index contributed by atoms with van der Waals surface area (Å²) in [6.45, 7) is 0.157. The van der Waals surface area contributed by atoms with Crippen molar-refractivity contribution < 1.29 is 28.5 Å². The summed E-state index contributed by atoms with van der Waals surface area (Å²) in [6, 6.07) is 11.5. The second-order valence-corrected chi connectivity index (χ2v) is 6.34. The number of ether oxygens (including phenoxy) is 5. The van der Waals surface area contributed by atoms with Gasteiger partial charge in [0.05, 0.1) is 17.1 Å². The fraction of sp³-hybridized carbons (Fsp3) is 0.316. The van der Waals surface area contributed by atoms with Crippen LogP contribution in [0, 0.1) is 3.57 Å². The van der Waals surface area contributed by atoms with E-state index < -0.39 is 0 Å². The van der Waals surface area contributed by atoms with Crippen LogP contribution < -0.4 is 9.47 Å². The van der Waals surface area contributed by atoms with E-state index in [4.69, 9.17) is 23.7 Å². The normalized spacial score (nSPS) is 10.5. The Morgan fingerprint density at radius 3 is 2.15 bits per heavy atom. The molecule has 0 unspecified atom stereocenters. The van der Waals surface area contributed by atoms with E-state index in [9.17, 15) is 4.79 Å². The Hall–Kier alpha value is -1.84. The molecule has 0 fully saturated rings. The standard InChI is InChI=1S/C19H21IO6/c1-22-11-25-15-10-16(26-12-23-2)19(20)14(9-17(21)24-3)18(15)13-7-5-4-6-8-13/h4-8,10H,9,11-12H2,1-3H3. The highest BCUT2D eigenvalue weighted by molar-refractivity contribution is 14.1. The maximum atomic E-state index is 12.0. The van der Waals surface area contributed by atoms with Gasteiger partial charge in [0.25, 0.3) is 0 Å². The van der Waals surface area contributed by atoms with Gasteiger partial charge in [-0.2, -0.15) is 0 Å². The minimum absolute atomic E-state index is 0.0712. The van der Waals surface area contributed by atoms with Gasteiger partial charge in [0.1, 0.15) is 11.5 Å². The molecular formula is C19H21IO6. The Bertz CT molecular complexity index is 733. The molecule has 0 N–H and O–H groups in total. The molecule has 0 aromatic heterocycles. The van der Waals surface area contributed by atoms with Gasteiger partial charge in [0.15, 0.2) is 13.6 Å². The van der Waals surface area contributed by atoms with Crippen LogP contribution in [0.15, 0.2) is 36.4 Å². The van der Waals surface area contributed by atoms with Crippen molar-refractivity contribution >= 4 is 28.6 Å². The topological polar surface area (TPSA) is 63.2 Å². The predicted octanol–water partition coefficient (Wildman–Crippen LogP) is 3.64. The number of benzene rings is 2. The second-order valence-electron chi connectivity index (χ2n) is 5.26. The monoisotopic (exact) mass is 472 g/mol. The first-order chi connectivity index (χ1) is 12.6. The van der Waals surface area contributed by atoms with E-state index in [0.29, 0.717) is 11.5 Å². The molecule has 0 aliphatic rings. The Balaban J connectivity index is 2.66. The van der Waals surface area contributed by atoms with Crippen LogP contribution in [0.1, 0.15) is 5.56 Å². The summed E-state index contributed by atoms with van der Waals surface area (Å²) < 4.78 is 27.1. The highest BCUT2D eigenvalue weighted by Gasteiger charge is 2.22. The van der Waals surface area contributed by atoms with E-state index in [2.05, 4.69) is 22.6 Å². The number of hydrogen-bond acceptors (Lipinski definition) is 6. The summed E-state index contributed by atoms with van der Waals surface area (Å²) in [5.41, 5.74) is 2.50. The first-order valence-corrected chi connectivity index (χ1v) is 8.91. The average molecular weight is 472 g/mol. The lowest BCUT2D eigenvalue weighted by Crippen LogP contribution is -2.11. The van der Waals surface area contributed by atoms with Gasteiger partial charge in [-0.3, -0.25) is 4.79 Å². The van der Waals surface area contributed by atoms with Crippen molar-refractivity contribution in [3.63, 3.8) is 0 Å². The predicted molar refractivity (Wildman–Crippen MR) is 105 cm³/mol. The molecule has 0 heterocycles. The first kappa shape index (κ1) is 20.5. The molecule has 2 aromatic rings. The minimum atomic E-state index is -0.346. The van der Waals surface area contributed by atoms with Crippen molar-refractivity contribution in [3.05, 3.63) is 45.5 Å². The van der Waals surface area contributed by atoms with Crippen molar-refractivity contribution in [3.8, 4) is 22.6 Å². The summed E-state index contributed by atoms with van der Waals surface area (Å²) in [5.74, 6) is 0.780. The highest BCUT2D eigenvalue weighted by atomic mass is 127. The molecule has 0 amide bonds. The molecule has 0 aliphatic carbocycles. The molecule has 0 aliphatic heterocycles. The van der Waals surface area contributed by atoms with Crippen LogP contribution in [0.4, 0.5) is 0 Å². The zero-order valence-electron chi connectivity index (χ0n) is 14.9. The summed E-state index contributed by atoms with van der Waals surface area (Å²) in [6.07, 6.45) is 0.0898. The number of esters is 1. The average Bonchev–Trinajstić information content (AvgIpc) is 2.67. The highest BCUT2D eigenvalue weighted by Crippen LogP contribution is 2.41. The van der Waals surface area contributed by atoms with E-state index in [0.717, 1.165) is 20.3 Å². The molecule has 0 spiro atoms. The largest absolute Gasteiger partial charge is 0.469 e. The van der Waals surface area contributed by atoms with Crippen LogP contribution in [-0.2, 0) is 25.4 Å². The third kappa shape index (κ3) is 5.09. The zero-order chi connectivity index (χ0) is 18.9. The summed E-state index contributed by atoms with van der Waals surface area (Å²) in [7, 11) is 4.46. The van der Waals surface area contributed by atoms with Gasteiger partial charge in [0.2, 0.25) is 0 Å². The molecule has 0 bridgehead atoms. The van der Waals surface area contributed by atoms with Crippen LogP contribution in [-0.4, -0.2) is 40.9 Å². The maximum absolute atomic E-state index is 12.0. The fourth-order valence-corrected chi connectivity index (χ4v) is 3.20. The van der Waals surface area contributed by atoms with Crippen LogP contribution in [0.2, 0.25) is 0 Å². The third-order valence-electron chi connectivity index (χ3n) is 3.57. The summed E-state index contributed by atoms with van der Waals surface area (Å²) in [4.78, 5) is 12.0. The number of hydrogen-bond donors (Lipinski definition) is 0. The smallest absolute Gasteiger partial charge is 0.310 e. The van der Waals surface area contributed by atoms with Gasteiger partial charge in [-0.25, -0.2) is 0 Å². The zero-order valence-corrected chi connectivity index (χ0v) is 17.1. The van der Waals surface area contributed by atoms with Crippen molar-refractivity contribution in [2.24, 2.45) is 0 Å². The SMILES string of the molecule is COCOc1cc(OCOC)c(-c2ccccc2)c(CC(=O)OC)c1I. The first-order valence-electron chi connectivity index (χ1n) is 7.83. The lowest BCUT2D eigenvalue weighted by Gasteiger charge is -2.20. The van der Waals surface area contributed by atoms with E-state index in [1.807, 2.05) is 30.3 Å². The van der Waals surface area contributed by atoms with Crippen LogP contribution in [0.5, 0.6) is 11.5 Å². The Kier molecular flexibility index (Phi) is 8.14. The van der Waals surface area contributed by atoms with Crippen LogP contribution in [0.3, 0.4) is 0 Å². The van der Waals surface area contributed by atoms with Gasteiger partial charge in [0, 0.05) is 25.8 Å². The van der Waals surface area contributed by atoms with Gasteiger partial charge >= 0.3 is 5.97 Å². The molecule has 26 heavy (non-hydrogen) atoms. The molecule has 6 nitrogen and oxygen atoms in total. The van der Waals surface area contributed by atoms with Crippen molar-refractivity contribution in [2.75, 3.05) is 34.9 Å². The Labute approximate surface area is 166 Å². The molecule has 2 aromatic carbocycles. The van der Waals surface area contributed by atoms with Gasteiger partial charge in [-0.1, -0.05) is 30.3 Å². The van der Waals surface area contributed by atoms with Gasteiger partial charge in [-0.05, 0) is 33.7 Å². The lowest BCUT2D eigenvalue weighted by molar-refractivity contribution is -0.139. The van der Waals surface area contributed by atoms with Crippen molar-refractivity contribution in [1.29, 1.82) is 0 Å². The fourth-order valence-electron chi connectivity index (χ4n) is 2.43. The minimum Gasteiger partial charge on any atom is -0.469 e. The number of rotatable bonds is 9. The molecular weight excluding hydrogens is 451 g/mol. The number of carbonyl (C=O) groups is 1. The lowest BCUT2D eigenvalue weighted by atomic mass is 9.96. The molecule has 0 saturated heterocycles. The second kappa shape index (κ2) is 10.3. The molecule has 7 heteroatoms. The summed E-state index contributed by atoms with van der Waals surface area (Å²) in [5, 5.41) is 0. The Morgan fingerprint density at radius 2 is 1.58 bits per heavy atom. The molecule has 140 valence electrons. The van der Waals surface area contributed by atoms with E-state index in [1.54, 1.807) is 20.3 Å². The summed E-state index contributed by atoms with van der Waals surface area (Å²) >= 11 is 2.16. The molecule has 0 radical (unpaired) electrons. The van der Waals surface area contributed by atoms with Crippen molar-refractivity contribution in [2.45, 2.75) is 6.42 Å². The molecule has 2 rings (SSSR count).